The molecular formula is H2AgCrO4. The minimum atomic E-state index is -5.25. The fraction of sp³-hybridized carbons (Fsp3) is 0. The van der Waals surface area contributed by atoms with Crippen LogP contribution in [0, 0.1) is 0 Å². The van der Waals surface area contributed by atoms with Crippen LogP contribution in [-0.2, 0) is 43.6 Å². The summed E-state index contributed by atoms with van der Waals surface area (Å²) in [6, 6.07) is 0. The standard InChI is InChI=1S/Ag.Cr.2H2O.2O/h;;2*1H2;;/q;+2;;;;/p-2. The van der Waals surface area contributed by atoms with Crippen LogP contribution in [0.3, 0.4) is 0 Å². The van der Waals surface area contributed by atoms with E-state index in [1.807, 2.05) is 0 Å². The Balaban J connectivity index is 0. The molecule has 0 aliphatic heterocycles. The zero-order chi connectivity index (χ0) is 4.50. The van der Waals surface area contributed by atoms with Crippen molar-refractivity contribution in [2.24, 2.45) is 0 Å². The van der Waals surface area contributed by atoms with Crippen molar-refractivity contribution >= 4 is 0 Å². The van der Waals surface area contributed by atoms with Crippen molar-refractivity contribution in [3.63, 3.8) is 0 Å². The summed E-state index contributed by atoms with van der Waals surface area (Å²) in [5.41, 5.74) is 0. The zero-order valence-electron chi connectivity index (χ0n) is 2.42. The Bertz CT molecular complexity index is 90.7. The van der Waals surface area contributed by atoms with E-state index in [1.54, 1.807) is 0 Å². The van der Waals surface area contributed by atoms with Gasteiger partial charge in [-0.25, -0.2) is 0 Å². The van der Waals surface area contributed by atoms with Crippen molar-refractivity contribution in [1.29, 1.82) is 0 Å². The summed E-state index contributed by atoms with van der Waals surface area (Å²) in [6.07, 6.45) is 0. The topological polar surface area (TPSA) is 74.6 Å². The summed E-state index contributed by atoms with van der Waals surface area (Å²) in [5.74, 6) is 0. The molecule has 0 aromatic rings. The molecule has 0 saturated carbocycles. The molecule has 0 aromatic carbocycles. The second-order valence-electron chi connectivity index (χ2n) is 0.448. The van der Waals surface area contributed by atoms with E-state index >= 15 is 0 Å². The quantitative estimate of drug-likeness (QED) is 0.500. The van der Waals surface area contributed by atoms with Crippen molar-refractivity contribution in [2.75, 3.05) is 0 Å². The minimum absolute atomic E-state index is 0. The molecule has 0 spiro atoms. The Morgan fingerprint density at radius 2 is 1.17 bits per heavy atom. The Hall–Kier alpha value is 0.793. The molecule has 2 N–H and O–H groups in total. The molecule has 0 bridgehead atoms. The van der Waals surface area contributed by atoms with Crippen LogP contribution < -0.4 is 0 Å². The molecule has 0 fully saturated rings. The first-order chi connectivity index (χ1) is 2.00. The third-order valence-electron chi connectivity index (χ3n) is 0. The Labute approximate surface area is 52.1 Å². The summed E-state index contributed by atoms with van der Waals surface area (Å²) >= 11 is -5.25. The summed E-state index contributed by atoms with van der Waals surface area (Å²) < 4.78 is 31.9. The van der Waals surface area contributed by atoms with Gasteiger partial charge < -0.3 is 0 Å². The molecule has 0 unspecified atom stereocenters. The Kier molecular flexibility index (Phi) is 4.77. The van der Waals surface area contributed by atoms with Gasteiger partial charge in [0, 0.05) is 22.4 Å². The molecule has 0 atom stereocenters. The average Bonchev–Trinajstić information content (AvgIpc) is 0.722. The summed E-state index contributed by atoms with van der Waals surface area (Å²) in [6.45, 7) is 0. The fourth-order valence-electron chi connectivity index (χ4n) is 0. The molecule has 6 heteroatoms. The fourth-order valence-corrected chi connectivity index (χ4v) is 0. The molecule has 0 aromatic heterocycles. The van der Waals surface area contributed by atoms with Gasteiger partial charge in [0.1, 0.15) is 0 Å². The van der Waals surface area contributed by atoms with Crippen LogP contribution in [0.15, 0.2) is 0 Å². The van der Waals surface area contributed by atoms with Crippen LogP contribution in [-0.4, -0.2) is 8.32 Å². The second-order valence-corrected chi connectivity index (χ2v) is 1.85. The van der Waals surface area contributed by atoms with Crippen molar-refractivity contribution < 1.29 is 51.9 Å². The molecule has 0 rings (SSSR count). The first-order valence-corrected chi connectivity index (χ1v) is 2.88. The molecule has 0 heterocycles. The molecule has 0 aliphatic rings. The maximum atomic E-state index is 8.82. The van der Waals surface area contributed by atoms with Crippen LogP contribution in [0.2, 0.25) is 0 Å². The van der Waals surface area contributed by atoms with E-state index in [0.717, 1.165) is 0 Å². The van der Waals surface area contributed by atoms with Crippen molar-refractivity contribution in [1.82, 2.24) is 0 Å². The third-order valence-corrected chi connectivity index (χ3v) is 0. The number of rotatable bonds is 0. The maximum absolute atomic E-state index is 8.82. The molecule has 0 saturated heterocycles. The van der Waals surface area contributed by atoms with Gasteiger partial charge in [-0.1, -0.05) is 0 Å². The van der Waals surface area contributed by atoms with Crippen LogP contribution >= 0.6 is 0 Å². The van der Waals surface area contributed by atoms with Gasteiger partial charge in [-0.2, -0.15) is 0 Å². The van der Waals surface area contributed by atoms with E-state index in [-0.39, 0.29) is 22.4 Å². The molecule has 43 valence electrons. The summed E-state index contributed by atoms with van der Waals surface area (Å²) in [7, 11) is 0. The Morgan fingerprint density at radius 3 is 1.17 bits per heavy atom. The van der Waals surface area contributed by atoms with Crippen LogP contribution in [0.4, 0.5) is 0 Å². The van der Waals surface area contributed by atoms with E-state index < -0.39 is 13.6 Å². The molecule has 6 heavy (non-hydrogen) atoms. The van der Waals surface area contributed by atoms with Crippen molar-refractivity contribution in [3.8, 4) is 0 Å². The van der Waals surface area contributed by atoms with Gasteiger partial charge in [0.15, 0.2) is 0 Å². The van der Waals surface area contributed by atoms with Gasteiger partial charge >= 0.3 is 29.5 Å². The van der Waals surface area contributed by atoms with Gasteiger partial charge in [0.25, 0.3) is 0 Å². The third kappa shape index (κ3) is 110. The van der Waals surface area contributed by atoms with Gasteiger partial charge in [-0.3, -0.25) is 0 Å². The molecule has 4 nitrogen and oxygen atoms in total. The monoisotopic (exact) mass is 225 g/mol. The van der Waals surface area contributed by atoms with Crippen molar-refractivity contribution in [2.45, 2.75) is 0 Å². The van der Waals surface area contributed by atoms with E-state index in [4.69, 9.17) is 15.9 Å². The van der Waals surface area contributed by atoms with Crippen LogP contribution in [0.25, 0.3) is 0 Å². The molecule has 0 amide bonds. The van der Waals surface area contributed by atoms with Gasteiger partial charge in [-0.15, -0.1) is 0 Å². The summed E-state index contributed by atoms with van der Waals surface area (Å²) in [4.78, 5) is 0. The summed E-state index contributed by atoms with van der Waals surface area (Å²) in [5, 5.41) is 0. The van der Waals surface area contributed by atoms with E-state index in [2.05, 4.69) is 0 Å². The van der Waals surface area contributed by atoms with Gasteiger partial charge in [0.05, 0.1) is 0 Å². The van der Waals surface area contributed by atoms with E-state index in [1.165, 1.54) is 0 Å². The normalized spacial score (nSPS) is 9.67. The zero-order valence-corrected chi connectivity index (χ0v) is 5.18. The number of hydrogen-bond acceptors (Lipinski definition) is 2. The predicted molar refractivity (Wildman–Crippen MR) is 5.81 cm³/mol. The van der Waals surface area contributed by atoms with Crippen LogP contribution in [0.5, 0.6) is 0 Å². The van der Waals surface area contributed by atoms with E-state index in [9.17, 15) is 0 Å². The predicted octanol–water partition coefficient (Wildman–Crippen LogP) is -1.36. The average molecular weight is 226 g/mol. The second kappa shape index (κ2) is 2.88. The van der Waals surface area contributed by atoms with Crippen LogP contribution in [0.1, 0.15) is 0 Å². The van der Waals surface area contributed by atoms with E-state index in [0.29, 0.717) is 0 Å². The number of hydrogen-bond donors (Lipinski definition) is 2. The molecule has 0 aliphatic carbocycles. The first-order valence-electron chi connectivity index (χ1n) is 0.698. The van der Waals surface area contributed by atoms with Gasteiger partial charge in [-0.05, 0) is 0 Å². The van der Waals surface area contributed by atoms with Crippen molar-refractivity contribution in [3.05, 3.63) is 0 Å². The Morgan fingerprint density at radius 1 is 1.17 bits per heavy atom. The van der Waals surface area contributed by atoms with Gasteiger partial charge in [0.2, 0.25) is 0 Å². The molecule has 1 radical (unpaired) electrons. The SMILES string of the molecule is [Ag].[O]=[Cr](=[O])([OH])[OH]. The molecular weight excluding hydrogens is 224 g/mol. The first kappa shape index (κ1) is 9.92.